The minimum absolute atomic E-state index is 0. The zero-order chi connectivity index (χ0) is 0. The molecule has 11 heteroatoms. The average molecular weight is 309 g/mol. The molecule has 0 unspecified atom stereocenters. The number of hydrogen-bond donors (Lipinski definition) is 0. The van der Waals surface area contributed by atoms with Crippen LogP contribution in [0.4, 0.5) is 0 Å². The third-order valence-corrected chi connectivity index (χ3v) is 0. The van der Waals surface area contributed by atoms with E-state index in [2.05, 4.69) is 0 Å². The van der Waals surface area contributed by atoms with E-state index in [0.29, 0.717) is 0 Å². The number of hydrogen-bond acceptors (Lipinski definition) is 0. The van der Waals surface area contributed by atoms with Crippen LogP contribution < -0.4 is 37.7 Å². The quantitative estimate of drug-likeness (QED) is 0.392. The second kappa shape index (κ2) is 192. The summed E-state index contributed by atoms with van der Waals surface area (Å²) in [5, 5.41) is 0. The molecule has 0 amide bonds. The summed E-state index contributed by atoms with van der Waals surface area (Å²) in [7, 11) is 0. The maximum atomic E-state index is 0. The molecule has 0 N–H and O–H groups in total. The maximum Gasteiger partial charge on any atom is 1.00 e. The van der Waals surface area contributed by atoms with Crippen LogP contribution in [-0.4, -0.2) is 0 Å². The fourth-order valence-electron chi connectivity index (χ4n) is 0. The van der Waals surface area contributed by atoms with Crippen LogP contribution in [0.25, 0.3) is 0 Å². The van der Waals surface area contributed by atoms with E-state index in [9.17, 15) is 0 Å². The molecule has 0 heterocycles. The van der Waals surface area contributed by atoms with Crippen molar-refractivity contribution in [2.75, 3.05) is 0 Å². The van der Waals surface area contributed by atoms with Crippen molar-refractivity contribution in [1.29, 1.82) is 0 Å². The smallest absolute Gasteiger partial charge is 1.00 e. The Morgan fingerprint density at radius 1 is 0.455 bits per heavy atom. The van der Waals surface area contributed by atoms with Crippen molar-refractivity contribution in [2.45, 2.75) is 0 Å². The van der Waals surface area contributed by atoms with Crippen LogP contribution in [-0.2, 0) is 98.6 Å². The molecule has 0 bridgehead atoms. The van der Waals surface area contributed by atoms with Crippen LogP contribution in [0, 0.1) is 0 Å². The van der Waals surface area contributed by atoms with Gasteiger partial charge in [-0.3, -0.25) is 0 Å². The van der Waals surface area contributed by atoms with Crippen molar-refractivity contribution in [3.8, 4) is 0 Å². The molecule has 0 atom stereocenters. The Morgan fingerprint density at radius 2 is 0.455 bits per heavy atom. The van der Waals surface area contributed by atoms with Gasteiger partial charge in [0.05, 0.1) is 0 Å². The van der Waals surface area contributed by atoms with Crippen LogP contribution in [0.3, 0.4) is 0 Å². The monoisotopic (exact) mass is 310 g/mol. The fourth-order valence-corrected chi connectivity index (χ4v) is 0. The summed E-state index contributed by atoms with van der Waals surface area (Å²) in [6, 6.07) is 0. The normalized spacial score (nSPS) is 0. The molecule has 0 aromatic heterocycles. The topological polar surface area (TPSA) is 142 Å². The molecule has 0 aromatic rings. The van der Waals surface area contributed by atoms with Crippen molar-refractivity contribution in [3.63, 3.8) is 0 Å². The van der Waals surface area contributed by atoms with Crippen molar-refractivity contribution < 1.29 is 139 Å². The van der Waals surface area contributed by atoms with Crippen molar-refractivity contribution in [2.24, 2.45) is 0 Å². The van der Waals surface area contributed by atoms with E-state index >= 15 is 0 Å². The Bertz CT molecular complexity index is 28.5. The standard InChI is InChI=1S/2Fe.2Li.5O.2V.2H/q;;2*+1;5*-2;;;2*-1. The SMILES string of the molecule is [Fe].[Fe].[H-].[H-].[Li+].[Li+].[O-2].[O-2].[O-2].[O-2].[O-2].[V].[V]. The summed E-state index contributed by atoms with van der Waals surface area (Å²) in [5.41, 5.74) is 0. The molecule has 0 aliphatic rings. The molecule has 0 fully saturated rings. The van der Waals surface area contributed by atoms with Crippen molar-refractivity contribution in [3.05, 3.63) is 0 Å². The molecule has 0 rings (SSSR count). The predicted molar refractivity (Wildman–Crippen MR) is 5.66 cm³/mol. The van der Waals surface area contributed by atoms with Gasteiger partial charge in [0.15, 0.2) is 0 Å². The summed E-state index contributed by atoms with van der Waals surface area (Å²) >= 11 is 0. The molecule has 70 valence electrons. The first-order chi connectivity index (χ1) is 0. The molecule has 0 spiro atoms. The Kier molecular flexibility index (Phi) is 4210. The Balaban J connectivity index is 0. The first kappa shape index (κ1) is 241. The van der Waals surface area contributed by atoms with Crippen LogP contribution >= 0.6 is 0 Å². The van der Waals surface area contributed by atoms with E-state index in [0.717, 1.165) is 0 Å². The minimum atomic E-state index is 0. The zero-order valence-electron chi connectivity index (χ0n) is 7.64. The largest absolute Gasteiger partial charge is 2.00 e. The Hall–Kier alpha value is 3.20. The van der Waals surface area contributed by atoms with Gasteiger partial charge in [-0.25, -0.2) is 0 Å². The molecular formula is H2Fe2Li2O5V2-10. The Labute approximate surface area is 138 Å². The van der Waals surface area contributed by atoms with Gasteiger partial charge >= 0.3 is 37.7 Å². The summed E-state index contributed by atoms with van der Waals surface area (Å²) in [6.07, 6.45) is 0. The molecular weight excluding hydrogens is 307 g/mol. The maximum absolute atomic E-state index is 0. The number of rotatable bonds is 0. The summed E-state index contributed by atoms with van der Waals surface area (Å²) in [4.78, 5) is 0. The van der Waals surface area contributed by atoms with E-state index in [1.165, 1.54) is 0 Å². The van der Waals surface area contributed by atoms with Gasteiger partial charge in [0.2, 0.25) is 0 Å². The van der Waals surface area contributed by atoms with Gasteiger partial charge in [0.25, 0.3) is 0 Å². The average Bonchev–Trinajstić information content (AvgIpc) is 0. The summed E-state index contributed by atoms with van der Waals surface area (Å²) in [6.45, 7) is 0. The molecule has 11 heavy (non-hydrogen) atoms. The van der Waals surface area contributed by atoms with E-state index in [1.807, 2.05) is 0 Å². The third-order valence-electron chi connectivity index (χ3n) is 0. The molecule has 2 radical (unpaired) electrons. The molecule has 5 nitrogen and oxygen atoms in total. The third kappa shape index (κ3) is 162. The molecule has 0 aliphatic heterocycles. The Morgan fingerprint density at radius 3 is 0.455 bits per heavy atom. The molecule has 0 aromatic carbocycles. The first-order valence-electron chi connectivity index (χ1n) is 0. The van der Waals surface area contributed by atoms with E-state index in [4.69, 9.17) is 0 Å². The second-order valence-electron chi connectivity index (χ2n) is 0. The van der Waals surface area contributed by atoms with Gasteiger partial charge in [-0.15, -0.1) is 0 Å². The van der Waals surface area contributed by atoms with E-state index in [1.54, 1.807) is 0 Å². The zero-order valence-corrected chi connectivity index (χ0v) is 10.6. The van der Waals surface area contributed by atoms with Gasteiger partial charge in [-0.1, -0.05) is 0 Å². The van der Waals surface area contributed by atoms with Gasteiger partial charge in [0, 0.05) is 71.2 Å². The first-order valence-corrected chi connectivity index (χ1v) is 0. The van der Waals surface area contributed by atoms with Gasteiger partial charge in [-0.05, 0) is 0 Å². The summed E-state index contributed by atoms with van der Waals surface area (Å²) in [5.74, 6) is 0. The molecule has 0 saturated heterocycles. The van der Waals surface area contributed by atoms with Crippen molar-refractivity contribution in [1.82, 2.24) is 0 Å². The van der Waals surface area contributed by atoms with E-state index < -0.39 is 0 Å². The van der Waals surface area contributed by atoms with Crippen molar-refractivity contribution >= 4 is 0 Å². The molecule has 0 saturated carbocycles. The summed E-state index contributed by atoms with van der Waals surface area (Å²) < 4.78 is 0. The predicted octanol–water partition coefficient (Wildman–Crippen LogP) is -6.37. The van der Waals surface area contributed by atoms with Crippen LogP contribution in [0.15, 0.2) is 0 Å². The fraction of sp³-hybridized carbons (Fsp3) is 0. The van der Waals surface area contributed by atoms with Gasteiger partial charge in [-0.2, -0.15) is 0 Å². The van der Waals surface area contributed by atoms with Crippen LogP contribution in [0.5, 0.6) is 0 Å². The van der Waals surface area contributed by atoms with Crippen LogP contribution in [0.2, 0.25) is 0 Å². The molecule has 0 aliphatic carbocycles. The second-order valence-corrected chi connectivity index (χ2v) is 0. The van der Waals surface area contributed by atoms with Crippen LogP contribution in [0.1, 0.15) is 2.85 Å². The minimum Gasteiger partial charge on any atom is -2.00 e. The van der Waals surface area contributed by atoms with Gasteiger partial charge in [0.1, 0.15) is 0 Å². The van der Waals surface area contributed by atoms with E-state index in [-0.39, 0.29) is 139 Å². The van der Waals surface area contributed by atoms with Gasteiger partial charge < -0.3 is 30.2 Å².